The van der Waals surface area contributed by atoms with Gasteiger partial charge in [0.15, 0.2) is 0 Å². The first kappa shape index (κ1) is 52.8. The van der Waals surface area contributed by atoms with Gasteiger partial charge in [0.05, 0.1) is 17.9 Å². The summed E-state index contributed by atoms with van der Waals surface area (Å²) in [4.78, 5) is 12.6. The Morgan fingerprint density at radius 2 is 0.833 bits per heavy atom. The van der Waals surface area contributed by atoms with Crippen LogP contribution in [0.3, 0.4) is 0 Å². The third-order valence-corrected chi connectivity index (χ3v) is 11.5. The van der Waals surface area contributed by atoms with Crippen LogP contribution in [0.2, 0.25) is 0 Å². The Hall–Kier alpha value is -1.22. The molecule has 0 heterocycles. The summed E-state index contributed by atoms with van der Waals surface area (Å²) in [6, 6.07) is -1.25. The van der Waals surface area contributed by atoms with Crippen molar-refractivity contribution in [3.05, 3.63) is 24.3 Å². The molecule has 8 heteroatoms. The maximum Gasteiger partial charge on any atom is 0.267 e. The highest BCUT2D eigenvalue weighted by atomic mass is 32.2. The number of nitrogens with one attached hydrogen (secondary N) is 1. The second-order valence-electron chi connectivity index (χ2n) is 16.2. The molecule has 0 saturated heterocycles. The molecule has 0 bridgehead atoms. The Kier molecular flexibility index (Phi) is 39.1. The number of allylic oxidation sites excluding steroid dienone is 3. The van der Waals surface area contributed by atoms with Crippen LogP contribution >= 0.6 is 0 Å². The highest BCUT2D eigenvalue weighted by Gasteiger charge is 2.27. The normalized spacial score (nSPS) is 13.9. The fraction of sp³-hybridized carbons (Fsp3) is 0.891. The first-order valence-corrected chi connectivity index (χ1v) is 24.8. The molecule has 0 aliphatic heterocycles. The minimum Gasteiger partial charge on any atom is -0.387 e. The van der Waals surface area contributed by atoms with E-state index >= 15 is 0 Å². The molecule has 0 rings (SSSR count). The average Bonchev–Trinajstić information content (AvgIpc) is 3.14. The summed E-state index contributed by atoms with van der Waals surface area (Å²) in [5.74, 6) is -1.55. The van der Waals surface area contributed by atoms with Crippen LogP contribution in [0.25, 0.3) is 0 Å². The lowest BCUT2D eigenvalue weighted by molar-refractivity contribution is -0.130. The minimum absolute atomic E-state index is 0.278. The van der Waals surface area contributed by atoms with E-state index in [1.807, 2.05) is 0 Å². The molecule has 7 nitrogen and oxygen atoms in total. The van der Waals surface area contributed by atoms with Gasteiger partial charge in [-0.2, -0.15) is 8.42 Å². The van der Waals surface area contributed by atoms with E-state index < -0.39 is 40.0 Å². The van der Waals surface area contributed by atoms with E-state index in [-0.39, 0.29) is 6.42 Å². The number of hydrogen-bond acceptors (Lipinski definition) is 5. The highest BCUT2D eigenvalue weighted by molar-refractivity contribution is 7.85. The summed E-state index contributed by atoms with van der Waals surface area (Å²) in [6.45, 7) is 4.53. The van der Waals surface area contributed by atoms with E-state index in [2.05, 4.69) is 31.3 Å². The van der Waals surface area contributed by atoms with E-state index in [0.29, 0.717) is 12.8 Å². The van der Waals surface area contributed by atoms with Crippen molar-refractivity contribution in [3.63, 3.8) is 0 Å². The van der Waals surface area contributed by atoms with Gasteiger partial charge in [0.25, 0.3) is 10.1 Å². The van der Waals surface area contributed by atoms with Crippen molar-refractivity contribution in [2.45, 2.75) is 257 Å². The number of carbonyl (C=O) groups is 1. The molecular weight excluding hydrogens is 695 g/mol. The quantitative estimate of drug-likeness (QED) is 0.0278. The zero-order valence-corrected chi connectivity index (χ0v) is 36.3. The van der Waals surface area contributed by atoms with E-state index in [1.54, 1.807) is 6.08 Å². The van der Waals surface area contributed by atoms with Gasteiger partial charge in [0.2, 0.25) is 5.91 Å². The number of amides is 1. The summed E-state index contributed by atoms with van der Waals surface area (Å²) in [6.07, 6.45) is 48.1. The van der Waals surface area contributed by atoms with Crippen molar-refractivity contribution < 1.29 is 28.0 Å². The summed E-state index contributed by atoms with van der Waals surface area (Å²) >= 11 is 0. The van der Waals surface area contributed by atoms with Gasteiger partial charge >= 0.3 is 0 Å². The largest absolute Gasteiger partial charge is 0.387 e. The number of unbranched alkanes of at least 4 members (excludes halogenated alkanes) is 31. The van der Waals surface area contributed by atoms with Crippen LogP contribution in [0.15, 0.2) is 24.3 Å². The summed E-state index contributed by atoms with van der Waals surface area (Å²) in [7, 11) is -4.45. The van der Waals surface area contributed by atoms with Gasteiger partial charge in [-0.15, -0.1) is 0 Å². The lowest BCUT2D eigenvalue weighted by Crippen LogP contribution is -2.50. The topological polar surface area (TPSA) is 124 Å². The number of aliphatic hydroxyl groups is 2. The average molecular weight is 784 g/mol. The fourth-order valence-corrected chi connectivity index (χ4v) is 7.91. The van der Waals surface area contributed by atoms with Gasteiger partial charge in [-0.3, -0.25) is 9.35 Å². The van der Waals surface area contributed by atoms with Crippen LogP contribution in [-0.4, -0.2) is 53.1 Å². The first-order chi connectivity index (χ1) is 26.2. The number of carbonyl (C=O) groups excluding carboxylic acids is 1. The van der Waals surface area contributed by atoms with Gasteiger partial charge in [0.1, 0.15) is 6.10 Å². The molecule has 0 aromatic carbocycles. The first-order valence-electron chi connectivity index (χ1n) is 23.1. The zero-order chi connectivity index (χ0) is 39.8. The van der Waals surface area contributed by atoms with Crippen molar-refractivity contribution in [1.82, 2.24) is 5.32 Å². The Balaban J connectivity index is 3.99. The fourth-order valence-electron chi connectivity index (χ4n) is 7.18. The van der Waals surface area contributed by atoms with Gasteiger partial charge < -0.3 is 15.5 Å². The Bertz CT molecular complexity index is 968. The monoisotopic (exact) mass is 784 g/mol. The maximum atomic E-state index is 12.6. The van der Waals surface area contributed by atoms with Crippen LogP contribution in [0.4, 0.5) is 0 Å². The number of rotatable bonds is 42. The predicted octanol–water partition coefficient (Wildman–Crippen LogP) is 12.9. The van der Waals surface area contributed by atoms with E-state index in [9.17, 15) is 28.0 Å². The van der Waals surface area contributed by atoms with Crippen molar-refractivity contribution >= 4 is 16.0 Å². The second-order valence-corrected chi connectivity index (χ2v) is 17.7. The van der Waals surface area contributed by atoms with Gasteiger partial charge in [-0.05, 0) is 32.1 Å². The van der Waals surface area contributed by atoms with Crippen molar-refractivity contribution in [3.8, 4) is 0 Å². The van der Waals surface area contributed by atoms with Crippen LogP contribution < -0.4 is 5.32 Å². The van der Waals surface area contributed by atoms with Crippen LogP contribution in [0.1, 0.15) is 239 Å². The SMILES string of the molecule is CCCCCCCCCCCCCCCC/C=C/CC/C=C/C(O)C(CS(=O)(=O)O)NC(=O)C(O)CCCCCCCCCCCCCCCCCCC. The molecule has 0 aromatic heterocycles. The Morgan fingerprint density at radius 3 is 1.22 bits per heavy atom. The molecule has 0 saturated carbocycles. The van der Waals surface area contributed by atoms with Gasteiger partial charge in [-0.1, -0.05) is 231 Å². The van der Waals surface area contributed by atoms with Crippen molar-refractivity contribution in [1.29, 1.82) is 0 Å². The molecule has 0 spiro atoms. The lowest BCUT2D eigenvalue weighted by Gasteiger charge is -2.22. The molecule has 4 N–H and O–H groups in total. The molecule has 0 aromatic rings. The smallest absolute Gasteiger partial charge is 0.267 e. The van der Waals surface area contributed by atoms with E-state index in [1.165, 1.54) is 179 Å². The molecule has 3 unspecified atom stereocenters. The molecule has 0 aliphatic carbocycles. The molecule has 0 fully saturated rings. The van der Waals surface area contributed by atoms with Crippen LogP contribution in [0.5, 0.6) is 0 Å². The second kappa shape index (κ2) is 40.0. The lowest BCUT2D eigenvalue weighted by atomic mass is 10.0. The zero-order valence-electron chi connectivity index (χ0n) is 35.5. The maximum absolute atomic E-state index is 12.6. The predicted molar refractivity (Wildman–Crippen MR) is 232 cm³/mol. The Morgan fingerprint density at radius 1 is 0.500 bits per heavy atom. The van der Waals surface area contributed by atoms with Crippen molar-refractivity contribution in [2.75, 3.05) is 5.75 Å². The van der Waals surface area contributed by atoms with Gasteiger partial charge in [0, 0.05) is 0 Å². The summed E-state index contributed by atoms with van der Waals surface area (Å²) < 4.78 is 32.6. The standard InChI is InChI=1S/C46H89NO6S/c1-3-5-7-9-11-13-15-17-19-21-22-23-25-26-28-30-32-34-36-38-40-44(48)43(42-54(51,52)53)47-46(50)45(49)41-39-37-35-33-31-29-27-24-20-18-16-14-12-10-8-6-4-2/h30,32,38,40,43-45,48-49H,3-29,31,33-37,39,41-42H2,1-2H3,(H,47,50)(H,51,52,53)/b32-30+,40-38+. The Labute approximate surface area is 335 Å². The third kappa shape index (κ3) is 39.0. The minimum atomic E-state index is -4.45. The van der Waals surface area contributed by atoms with E-state index in [4.69, 9.17) is 0 Å². The molecule has 320 valence electrons. The molecule has 3 atom stereocenters. The van der Waals surface area contributed by atoms with Crippen LogP contribution in [-0.2, 0) is 14.9 Å². The molecule has 0 radical (unpaired) electrons. The number of aliphatic hydroxyl groups excluding tert-OH is 2. The third-order valence-electron chi connectivity index (χ3n) is 10.7. The van der Waals surface area contributed by atoms with E-state index in [0.717, 1.165) is 32.1 Å². The molecule has 54 heavy (non-hydrogen) atoms. The number of hydrogen-bond donors (Lipinski definition) is 4. The van der Waals surface area contributed by atoms with Crippen molar-refractivity contribution in [2.24, 2.45) is 0 Å². The van der Waals surface area contributed by atoms with Crippen LogP contribution in [0, 0.1) is 0 Å². The molecule has 0 aliphatic rings. The summed E-state index contributed by atoms with van der Waals surface area (Å²) in [5, 5.41) is 23.5. The molecule has 1 amide bonds. The highest BCUT2D eigenvalue weighted by Crippen LogP contribution is 2.16. The summed E-state index contributed by atoms with van der Waals surface area (Å²) in [5.41, 5.74) is 0. The van der Waals surface area contributed by atoms with Gasteiger partial charge in [-0.25, -0.2) is 0 Å². The molecular formula is C46H89NO6S.